The molecular formula is C18H18F4N2O. The van der Waals surface area contributed by atoms with Gasteiger partial charge in [-0.2, -0.15) is 13.2 Å². The fourth-order valence-electron chi connectivity index (χ4n) is 3.10. The second-order valence-electron chi connectivity index (χ2n) is 6.35. The van der Waals surface area contributed by atoms with E-state index in [0.717, 1.165) is 11.6 Å². The van der Waals surface area contributed by atoms with Gasteiger partial charge in [-0.25, -0.2) is 4.39 Å². The van der Waals surface area contributed by atoms with E-state index in [-0.39, 0.29) is 12.1 Å². The number of halogens is 4. The van der Waals surface area contributed by atoms with Crippen molar-refractivity contribution in [3.63, 3.8) is 0 Å². The normalized spacial score (nSPS) is 18.3. The summed E-state index contributed by atoms with van der Waals surface area (Å²) in [6.07, 6.45) is -0.368. The van der Waals surface area contributed by atoms with Gasteiger partial charge < -0.3 is 5.11 Å². The van der Waals surface area contributed by atoms with Crippen LogP contribution in [0.25, 0.3) is 0 Å². The molecule has 3 nitrogen and oxygen atoms in total. The summed E-state index contributed by atoms with van der Waals surface area (Å²) < 4.78 is 51.8. The molecule has 1 aliphatic rings. The van der Waals surface area contributed by atoms with Crippen LogP contribution in [0.2, 0.25) is 0 Å². The first-order chi connectivity index (χ1) is 11.8. The van der Waals surface area contributed by atoms with E-state index in [1.54, 1.807) is 18.5 Å². The molecule has 1 fully saturated rings. The fraction of sp³-hybridized carbons (Fsp3) is 0.389. The van der Waals surface area contributed by atoms with Gasteiger partial charge >= 0.3 is 6.18 Å². The van der Waals surface area contributed by atoms with Crippen molar-refractivity contribution in [3.8, 4) is 0 Å². The van der Waals surface area contributed by atoms with E-state index in [1.165, 1.54) is 6.07 Å². The van der Waals surface area contributed by atoms with Crippen LogP contribution < -0.4 is 0 Å². The first-order valence-corrected chi connectivity index (χ1v) is 7.99. The molecule has 2 heterocycles. The van der Waals surface area contributed by atoms with Gasteiger partial charge in [0.1, 0.15) is 5.82 Å². The molecule has 134 valence electrons. The van der Waals surface area contributed by atoms with Crippen molar-refractivity contribution in [2.45, 2.75) is 31.2 Å². The third-order valence-corrected chi connectivity index (χ3v) is 4.66. The molecule has 0 bridgehead atoms. The molecule has 3 rings (SSSR count). The van der Waals surface area contributed by atoms with Gasteiger partial charge in [-0.3, -0.25) is 9.88 Å². The van der Waals surface area contributed by atoms with Crippen LogP contribution in [0, 0.1) is 5.82 Å². The number of nitrogens with zero attached hydrogens (tertiary/aromatic N) is 2. The number of hydrogen-bond donors (Lipinski definition) is 1. The van der Waals surface area contributed by atoms with E-state index in [2.05, 4.69) is 4.98 Å². The summed E-state index contributed by atoms with van der Waals surface area (Å²) in [4.78, 5) is 5.94. The standard InChI is InChI=1S/C18H18F4N2O/c19-16-10-14(18(20,21)22)4-3-13(16)12-24-8-5-17(25,6-9-24)15-2-1-7-23-11-15/h1-4,7,10-11,25H,5-6,8-9,12H2. The van der Waals surface area contributed by atoms with Crippen LogP contribution in [-0.4, -0.2) is 28.1 Å². The smallest absolute Gasteiger partial charge is 0.385 e. The number of piperidine rings is 1. The van der Waals surface area contributed by atoms with Crippen LogP contribution >= 0.6 is 0 Å². The molecule has 0 amide bonds. The molecule has 1 saturated heterocycles. The molecule has 0 saturated carbocycles. The van der Waals surface area contributed by atoms with Gasteiger partial charge in [0.25, 0.3) is 0 Å². The zero-order chi connectivity index (χ0) is 18.1. The zero-order valence-corrected chi connectivity index (χ0v) is 13.4. The number of aliphatic hydroxyl groups is 1. The highest BCUT2D eigenvalue weighted by Crippen LogP contribution is 2.34. The molecular weight excluding hydrogens is 336 g/mol. The molecule has 0 unspecified atom stereocenters. The number of benzene rings is 1. The van der Waals surface area contributed by atoms with E-state index in [9.17, 15) is 22.7 Å². The summed E-state index contributed by atoms with van der Waals surface area (Å²) in [6.45, 7) is 1.25. The molecule has 2 aromatic rings. The van der Waals surface area contributed by atoms with Crippen LogP contribution in [0.1, 0.15) is 29.5 Å². The quantitative estimate of drug-likeness (QED) is 0.854. The number of aromatic nitrogens is 1. The SMILES string of the molecule is OC1(c2cccnc2)CCN(Cc2ccc(C(F)(F)F)cc2F)CC1. The average Bonchev–Trinajstić information content (AvgIpc) is 2.58. The Morgan fingerprint density at radius 1 is 1.16 bits per heavy atom. The van der Waals surface area contributed by atoms with Gasteiger partial charge in [-0.05, 0) is 31.0 Å². The van der Waals surface area contributed by atoms with Crippen molar-refractivity contribution in [3.05, 3.63) is 65.2 Å². The summed E-state index contributed by atoms with van der Waals surface area (Å²) in [6, 6.07) is 6.19. The lowest BCUT2D eigenvalue weighted by molar-refractivity contribution is -0.137. The lowest BCUT2D eigenvalue weighted by Crippen LogP contribution is -2.42. The van der Waals surface area contributed by atoms with E-state index in [4.69, 9.17) is 0 Å². The Morgan fingerprint density at radius 2 is 1.88 bits per heavy atom. The third kappa shape index (κ3) is 3.99. The monoisotopic (exact) mass is 354 g/mol. The minimum absolute atomic E-state index is 0.215. The van der Waals surface area contributed by atoms with Crippen LogP contribution in [0.3, 0.4) is 0 Å². The van der Waals surface area contributed by atoms with Crippen molar-refractivity contribution in [1.29, 1.82) is 0 Å². The van der Waals surface area contributed by atoms with Crippen LogP contribution in [-0.2, 0) is 18.3 Å². The van der Waals surface area contributed by atoms with E-state index < -0.39 is 23.2 Å². The highest BCUT2D eigenvalue weighted by atomic mass is 19.4. The second kappa shape index (κ2) is 6.72. The van der Waals surface area contributed by atoms with Crippen LogP contribution in [0.15, 0.2) is 42.7 Å². The van der Waals surface area contributed by atoms with Crippen molar-refractivity contribution in [2.75, 3.05) is 13.1 Å². The minimum atomic E-state index is -4.55. The fourth-order valence-corrected chi connectivity index (χ4v) is 3.10. The summed E-state index contributed by atoms with van der Waals surface area (Å²) in [5, 5.41) is 10.7. The Morgan fingerprint density at radius 3 is 2.44 bits per heavy atom. The predicted octanol–water partition coefficient (Wildman–Crippen LogP) is 3.72. The Bertz CT molecular complexity index is 726. The Kier molecular flexibility index (Phi) is 4.79. The van der Waals surface area contributed by atoms with E-state index in [1.807, 2.05) is 11.0 Å². The minimum Gasteiger partial charge on any atom is -0.385 e. The first kappa shape index (κ1) is 17.8. The maximum Gasteiger partial charge on any atom is 0.416 e. The van der Waals surface area contributed by atoms with Crippen molar-refractivity contribution >= 4 is 0 Å². The molecule has 0 aliphatic carbocycles. The lowest BCUT2D eigenvalue weighted by atomic mass is 9.85. The van der Waals surface area contributed by atoms with E-state index in [0.29, 0.717) is 32.0 Å². The Balaban J connectivity index is 1.65. The van der Waals surface area contributed by atoms with E-state index >= 15 is 0 Å². The van der Waals surface area contributed by atoms with Crippen LogP contribution in [0.5, 0.6) is 0 Å². The molecule has 7 heteroatoms. The zero-order valence-electron chi connectivity index (χ0n) is 13.4. The molecule has 1 aromatic heterocycles. The highest BCUT2D eigenvalue weighted by Gasteiger charge is 2.35. The number of alkyl halides is 3. The van der Waals surface area contributed by atoms with Crippen LogP contribution in [0.4, 0.5) is 17.6 Å². The first-order valence-electron chi connectivity index (χ1n) is 7.99. The van der Waals surface area contributed by atoms with Gasteiger partial charge in [-0.1, -0.05) is 12.1 Å². The Hall–Kier alpha value is -1.99. The number of likely N-dealkylation sites (tertiary alicyclic amines) is 1. The number of rotatable bonds is 3. The van der Waals surface area contributed by atoms with Crippen molar-refractivity contribution < 1.29 is 22.7 Å². The van der Waals surface area contributed by atoms with Gasteiger partial charge in [-0.15, -0.1) is 0 Å². The van der Waals surface area contributed by atoms with Gasteiger partial charge in [0, 0.05) is 43.2 Å². The summed E-state index contributed by atoms with van der Waals surface area (Å²) >= 11 is 0. The largest absolute Gasteiger partial charge is 0.416 e. The Labute approximate surface area is 142 Å². The molecule has 0 radical (unpaired) electrons. The topological polar surface area (TPSA) is 36.4 Å². The van der Waals surface area contributed by atoms with Gasteiger partial charge in [0.15, 0.2) is 0 Å². The molecule has 25 heavy (non-hydrogen) atoms. The average molecular weight is 354 g/mol. The maximum atomic E-state index is 14.0. The lowest BCUT2D eigenvalue weighted by Gasteiger charge is -2.38. The number of hydrogen-bond acceptors (Lipinski definition) is 3. The second-order valence-corrected chi connectivity index (χ2v) is 6.35. The molecule has 1 aliphatic heterocycles. The summed E-state index contributed by atoms with van der Waals surface area (Å²) in [5.74, 6) is -0.858. The molecule has 1 N–H and O–H groups in total. The molecule has 0 spiro atoms. The van der Waals surface area contributed by atoms with Crippen molar-refractivity contribution in [1.82, 2.24) is 9.88 Å². The third-order valence-electron chi connectivity index (χ3n) is 4.66. The summed E-state index contributed by atoms with van der Waals surface area (Å²) in [7, 11) is 0. The predicted molar refractivity (Wildman–Crippen MR) is 84.0 cm³/mol. The van der Waals surface area contributed by atoms with Gasteiger partial charge in [0.2, 0.25) is 0 Å². The summed E-state index contributed by atoms with van der Waals surface area (Å²) in [5.41, 5.74) is -0.989. The van der Waals surface area contributed by atoms with Crippen molar-refractivity contribution in [2.24, 2.45) is 0 Å². The molecule has 0 atom stereocenters. The number of pyridine rings is 1. The van der Waals surface area contributed by atoms with Gasteiger partial charge in [0.05, 0.1) is 11.2 Å². The maximum absolute atomic E-state index is 14.0. The highest BCUT2D eigenvalue weighted by molar-refractivity contribution is 5.26. The molecule has 1 aromatic carbocycles.